The van der Waals surface area contributed by atoms with E-state index in [-0.39, 0.29) is 41.9 Å². The Hall–Kier alpha value is -2.70. The molecule has 1 aliphatic carbocycles. The van der Waals surface area contributed by atoms with E-state index >= 15 is 0 Å². The van der Waals surface area contributed by atoms with Gasteiger partial charge in [0, 0.05) is 24.5 Å². The molecule has 6 nitrogen and oxygen atoms in total. The molecule has 0 aromatic heterocycles. The number of rotatable bonds is 5. The highest BCUT2D eigenvalue weighted by atomic mass is 16.2. The van der Waals surface area contributed by atoms with Crippen molar-refractivity contribution in [1.82, 2.24) is 15.5 Å². The SMILES string of the molecule is CC(N)C1CCCC(C(=O)N2CC(c3ccccc3)CC2C(=O)NC2CCc3ccccc32)N1. The number of likely N-dealkylation sites (tertiary alicyclic amines) is 1. The number of nitrogens with zero attached hydrogens (tertiary/aromatic N) is 1. The molecule has 3 aliphatic rings. The second-order valence-electron chi connectivity index (χ2n) is 10.3. The monoisotopic (exact) mass is 460 g/mol. The minimum atomic E-state index is -0.456. The van der Waals surface area contributed by atoms with E-state index in [1.807, 2.05) is 36.1 Å². The lowest BCUT2D eigenvalue weighted by Crippen LogP contribution is -2.58. The van der Waals surface area contributed by atoms with Gasteiger partial charge in [-0.05, 0) is 62.1 Å². The molecular weight excluding hydrogens is 424 g/mol. The van der Waals surface area contributed by atoms with Crippen LogP contribution in [-0.4, -0.2) is 47.4 Å². The first kappa shape index (κ1) is 23.1. The lowest BCUT2D eigenvalue weighted by molar-refractivity contribution is -0.141. The average Bonchev–Trinajstić information content (AvgIpc) is 3.49. The molecule has 0 radical (unpaired) electrons. The molecule has 2 amide bonds. The zero-order valence-electron chi connectivity index (χ0n) is 20.0. The number of fused-ring (bicyclic) bond motifs is 1. The van der Waals surface area contributed by atoms with Gasteiger partial charge in [0.1, 0.15) is 6.04 Å². The van der Waals surface area contributed by atoms with Crippen molar-refractivity contribution in [3.05, 3.63) is 71.3 Å². The topological polar surface area (TPSA) is 87.5 Å². The maximum Gasteiger partial charge on any atom is 0.243 e. The van der Waals surface area contributed by atoms with Crippen molar-refractivity contribution < 1.29 is 9.59 Å². The molecule has 2 aromatic rings. The summed E-state index contributed by atoms with van der Waals surface area (Å²) in [6.07, 6.45) is 5.29. The van der Waals surface area contributed by atoms with E-state index in [9.17, 15) is 9.59 Å². The number of hydrogen-bond acceptors (Lipinski definition) is 4. The summed E-state index contributed by atoms with van der Waals surface area (Å²) in [7, 11) is 0. The third-order valence-electron chi connectivity index (χ3n) is 7.96. The summed E-state index contributed by atoms with van der Waals surface area (Å²) in [5.41, 5.74) is 9.84. The predicted molar refractivity (Wildman–Crippen MR) is 133 cm³/mol. The number of aryl methyl sites for hydroxylation is 1. The van der Waals surface area contributed by atoms with Gasteiger partial charge in [-0.1, -0.05) is 54.6 Å². The van der Waals surface area contributed by atoms with Crippen LogP contribution in [0.1, 0.15) is 67.7 Å². The van der Waals surface area contributed by atoms with Gasteiger partial charge in [0.25, 0.3) is 0 Å². The van der Waals surface area contributed by atoms with Crippen LogP contribution in [0.4, 0.5) is 0 Å². The lowest BCUT2D eigenvalue weighted by Gasteiger charge is -2.36. The van der Waals surface area contributed by atoms with Gasteiger partial charge in [-0.15, -0.1) is 0 Å². The largest absolute Gasteiger partial charge is 0.347 e. The van der Waals surface area contributed by atoms with Crippen LogP contribution >= 0.6 is 0 Å². The summed E-state index contributed by atoms with van der Waals surface area (Å²) in [4.78, 5) is 29.2. The molecule has 4 N–H and O–H groups in total. The van der Waals surface area contributed by atoms with Crippen LogP contribution in [0.5, 0.6) is 0 Å². The van der Waals surface area contributed by atoms with Crippen molar-refractivity contribution >= 4 is 11.8 Å². The molecule has 0 saturated carbocycles. The smallest absolute Gasteiger partial charge is 0.243 e. The third-order valence-corrected chi connectivity index (χ3v) is 7.96. The Labute approximate surface area is 202 Å². The van der Waals surface area contributed by atoms with Gasteiger partial charge in [-0.3, -0.25) is 9.59 Å². The van der Waals surface area contributed by atoms with Crippen LogP contribution in [0.15, 0.2) is 54.6 Å². The summed E-state index contributed by atoms with van der Waals surface area (Å²) < 4.78 is 0. The van der Waals surface area contributed by atoms with Crippen molar-refractivity contribution in [2.24, 2.45) is 5.73 Å². The van der Waals surface area contributed by atoms with Gasteiger partial charge in [0.15, 0.2) is 0 Å². The van der Waals surface area contributed by atoms with Gasteiger partial charge in [0.2, 0.25) is 11.8 Å². The lowest BCUT2D eigenvalue weighted by atomic mass is 9.94. The summed E-state index contributed by atoms with van der Waals surface area (Å²) in [5, 5.41) is 6.77. The molecule has 6 atom stereocenters. The molecule has 2 heterocycles. The fourth-order valence-electron chi connectivity index (χ4n) is 6.05. The van der Waals surface area contributed by atoms with E-state index in [0.29, 0.717) is 13.0 Å². The summed E-state index contributed by atoms with van der Waals surface area (Å²) in [5.74, 6) is 0.161. The Kier molecular flexibility index (Phi) is 6.70. The van der Waals surface area contributed by atoms with E-state index < -0.39 is 6.04 Å². The van der Waals surface area contributed by atoms with Crippen LogP contribution in [0.3, 0.4) is 0 Å². The molecule has 180 valence electrons. The predicted octanol–water partition coefficient (Wildman–Crippen LogP) is 3.03. The van der Waals surface area contributed by atoms with Gasteiger partial charge in [-0.2, -0.15) is 0 Å². The van der Waals surface area contributed by atoms with Gasteiger partial charge >= 0.3 is 0 Å². The number of piperidine rings is 1. The highest BCUT2D eigenvalue weighted by Gasteiger charge is 2.43. The molecule has 6 heteroatoms. The van der Waals surface area contributed by atoms with E-state index in [2.05, 4.69) is 41.0 Å². The average molecular weight is 461 g/mol. The zero-order chi connectivity index (χ0) is 23.7. The Bertz CT molecular complexity index is 1020. The van der Waals surface area contributed by atoms with Crippen LogP contribution in [0.25, 0.3) is 0 Å². The fraction of sp³-hybridized carbons (Fsp3) is 0.500. The molecule has 34 heavy (non-hydrogen) atoms. The maximum absolute atomic E-state index is 13.7. The molecule has 0 bridgehead atoms. The molecule has 2 saturated heterocycles. The maximum atomic E-state index is 13.7. The molecule has 2 fully saturated rings. The first-order chi connectivity index (χ1) is 16.5. The first-order valence-corrected chi connectivity index (χ1v) is 12.8. The van der Waals surface area contributed by atoms with Crippen LogP contribution in [0.2, 0.25) is 0 Å². The van der Waals surface area contributed by atoms with Crippen molar-refractivity contribution in [2.45, 2.75) is 81.6 Å². The van der Waals surface area contributed by atoms with Crippen LogP contribution in [-0.2, 0) is 16.0 Å². The number of benzene rings is 2. The highest BCUT2D eigenvalue weighted by Crippen LogP contribution is 2.35. The standard InChI is InChI=1S/C28H36N4O2/c1-18(29)23-12-7-13-25(30-23)28(34)32-17-21(19-8-3-2-4-9-19)16-26(32)27(33)31-24-15-14-20-10-5-6-11-22(20)24/h2-6,8-11,18,21,23-26,30H,7,12-17,29H2,1H3,(H,31,33). The second-order valence-corrected chi connectivity index (χ2v) is 10.3. The van der Waals surface area contributed by atoms with E-state index in [1.54, 1.807) is 0 Å². The minimum Gasteiger partial charge on any atom is -0.347 e. The number of hydrogen-bond donors (Lipinski definition) is 3. The molecule has 5 rings (SSSR count). The Morgan fingerprint density at radius 2 is 1.82 bits per heavy atom. The van der Waals surface area contributed by atoms with E-state index in [0.717, 1.165) is 32.1 Å². The summed E-state index contributed by atoms with van der Waals surface area (Å²) in [6.45, 7) is 2.56. The van der Waals surface area contributed by atoms with Gasteiger partial charge in [0.05, 0.1) is 12.1 Å². The van der Waals surface area contributed by atoms with Gasteiger partial charge < -0.3 is 21.3 Å². The number of carbonyl (C=O) groups excluding carboxylic acids is 2. The van der Waals surface area contributed by atoms with Crippen LogP contribution in [0, 0.1) is 0 Å². The van der Waals surface area contributed by atoms with Crippen molar-refractivity contribution in [1.29, 1.82) is 0 Å². The quantitative estimate of drug-likeness (QED) is 0.640. The molecule has 0 spiro atoms. The van der Waals surface area contributed by atoms with Crippen LogP contribution < -0.4 is 16.4 Å². The van der Waals surface area contributed by atoms with Gasteiger partial charge in [-0.25, -0.2) is 0 Å². The highest BCUT2D eigenvalue weighted by molar-refractivity contribution is 5.91. The molecule has 2 aliphatic heterocycles. The van der Waals surface area contributed by atoms with Crippen molar-refractivity contribution in [2.75, 3.05) is 6.54 Å². The van der Waals surface area contributed by atoms with E-state index in [1.165, 1.54) is 16.7 Å². The normalized spacial score (nSPS) is 29.5. The zero-order valence-corrected chi connectivity index (χ0v) is 20.0. The Balaban J connectivity index is 1.35. The molecule has 6 unspecified atom stereocenters. The Morgan fingerprint density at radius 1 is 1.06 bits per heavy atom. The van der Waals surface area contributed by atoms with E-state index in [4.69, 9.17) is 5.73 Å². The number of nitrogens with one attached hydrogen (secondary N) is 2. The third kappa shape index (κ3) is 4.62. The second kappa shape index (κ2) is 9.88. The van der Waals surface area contributed by atoms with Crippen molar-refractivity contribution in [3.8, 4) is 0 Å². The molecular formula is C28H36N4O2. The first-order valence-electron chi connectivity index (χ1n) is 12.8. The number of amides is 2. The van der Waals surface area contributed by atoms with Crippen molar-refractivity contribution in [3.63, 3.8) is 0 Å². The minimum absolute atomic E-state index is 0.00669. The number of carbonyl (C=O) groups is 2. The number of nitrogens with two attached hydrogens (primary N) is 1. The molecule has 2 aromatic carbocycles. The Morgan fingerprint density at radius 3 is 2.62 bits per heavy atom. The summed E-state index contributed by atoms with van der Waals surface area (Å²) in [6, 6.07) is 18.0. The summed E-state index contributed by atoms with van der Waals surface area (Å²) >= 11 is 0. The fourth-order valence-corrected chi connectivity index (χ4v) is 6.05.